The lowest BCUT2D eigenvalue weighted by molar-refractivity contribution is 0.259. The summed E-state index contributed by atoms with van der Waals surface area (Å²) in [6, 6.07) is 9.45. The lowest BCUT2D eigenvalue weighted by Gasteiger charge is -2.19. The summed E-state index contributed by atoms with van der Waals surface area (Å²) < 4.78 is 0. The van der Waals surface area contributed by atoms with E-state index >= 15 is 0 Å². The first-order chi connectivity index (χ1) is 7.65. The van der Waals surface area contributed by atoms with Gasteiger partial charge >= 0.3 is 0 Å². The van der Waals surface area contributed by atoms with Gasteiger partial charge in [0.15, 0.2) is 0 Å². The van der Waals surface area contributed by atoms with E-state index in [-0.39, 0.29) is 12.6 Å². The molecule has 0 spiro atoms. The van der Waals surface area contributed by atoms with Crippen molar-refractivity contribution in [1.29, 1.82) is 5.26 Å². The third-order valence-corrected chi connectivity index (χ3v) is 2.34. The summed E-state index contributed by atoms with van der Waals surface area (Å²) in [4.78, 5) is 0. The van der Waals surface area contributed by atoms with Crippen LogP contribution in [0, 0.1) is 17.2 Å². The largest absolute Gasteiger partial charge is 0.394 e. The summed E-state index contributed by atoms with van der Waals surface area (Å²) in [5.74, 6) is 0.531. The van der Waals surface area contributed by atoms with E-state index in [1.54, 1.807) is 12.1 Å². The summed E-state index contributed by atoms with van der Waals surface area (Å²) in [5.41, 5.74) is 1.52. The molecule has 1 aromatic carbocycles. The van der Waals surface area contributed by atoms with Crippen LogP contribution < -0.4 is 5.32 Å². The number of nitrogens with one attached hydrogen (secondary N) is 1. The first-order valence-electron chi connectivity index (χ1n) is 5.53. The molecule has 0 fully saturated rings. The number of rotatable bonds is 5. The Morgan fingerprint density at radius 1 is 1.44 bits per heavy atom. The Labute approximate surface area is 96.7 Å². The van der Waals surface area contributed by atoms with Gasteiger partial charge in [0.25, 0.3) is 0 Å². The molecular weight excluding hydrogens is 200 g/mol. The molecule has 86 valence electrons. The number of anilines is 1. The number of aliphatic hydroxyl groups is 1. The molecule has 0 saturated heterocycles. The topological polar surface area (TPSA) is 56.0 Å². The molecule has 0 bridgehead atoms. The van der Waals surface area contributed by atoms with Crippen LogP contribution in [0.25, 0.3) is 0 Å². The molecule has 0 aliphatic heterocycles. The molecule has 1 rings (SSSR count). The Morgan fingerprint density at radius 3 is 2.75 bits per heavy atom. The molecule has 3 nitrogen and oxygen atoms in total. The lowest BCUT2D eigenvalue weighted by Crippen LogP contribution is -2.25. The second-order valence-corrected chi connectivity index (χ2v) is 4.35. The standard InChI is InChI=1S/C13H18N2O/c1-10(2)6-13(9-16)15-12-5-3-4-11(7-12)8-14/h3-5,7,10,13,15-16H,6,9H2,1-2H3. The van der Waals surface area contributed by atoms with Crippen LogP contribution in [-0.4, -0.2) is 17.8 Å². The fraction of sp³-hybridized carbons (Fsp3) is 0.462. The normalized spacial score (nSPS) is 12.2. The van der Waals surface area contributed by atoms with Crippen LogP contribution in [0.1, 0.15) is 25.8 Å². The van der Waals surface area contributed by atoms with E-state index in [0.29, 0.717) is 11.5 Å². The maximum Gasteiger partial charge on any atom is 0.0992 e. The van der Waals surface area contributed by atoms with Crippen molar-refractivity contribution in [3.63, 3.8) is 0 Å². The van der Waals surface area contributed by atoms with Crippen molar-refractivity contribution in [2.24, 2.45) is 5.92 Å². The van der Waals surface area contributed by atoms with E-state index in [2.05, 4.69) is 25.2 Å². The maximum atomic E-state index is 9.24. The van der Waals surface area contributed by atoms with Gasteiger partial charge in [-0.1, -0.05) is 19.9 Å². The Balaban J connectivity index is 2.67. The fourth-order valence-corrected chi connectivity index (χ4v) is 1.66. The molecule has 0 heterocycles. The van der Waals surface area contributed by atoms with Crippen LogP contribution in [0.3, 0.4) is 0 Å². The van der Waals surface area contributed by atoms with E-state index in [1.807, 2.05) is 12.1 Å². The smallest absolute Gasteiger partial charge is 0.0992 e. The molecule has 1 atom stereocenters. The van der Waals surface area contributed by atoms with Crippen LogP contribution in [0.5, 0.6) is 0 Å². The molecule has 1 aromatic rings. The number of hydrogen-bond donors (Lipinski definition) is 2. The van der Waals surface area contributed by atoms with Gasteiger partial charge in [-0.2, -0.15) is 5.26 Å². The van der Waals surface area contributed by atoms with Crippen LogP contribution in [-0.2, 0) is 0 Å². The zero-order chi connectivity index (χ0) is 12.0. The van der Waals surface area contributed by atoms with Crippen molar-refractivity contribution >= 4 is 5.69 Å². The van der Waals surface area contributed by atoms with Crippen molar-refractivity contribution in [2.45, 2.75) is 26.3 Å². The number of nitrogens with zero attached hydrogens (tertiary/aromatic N) is 1. The lowest BCUT2D eigenvalue weighted by atomic mass is 10.0. The predicted molar refractivity (Wildman–Crippen MR) is 65.1 cm³/mol. The van der Waals surface area contributed by atoms with E-state index in [1.165, 1.54) is 0 Å². The van der Waals surface area contributed by atoms with Crippen LogP contribution in [0.4, 0.5) is 5.69 Å². The van der Waals surface area contributed by atoms with Gasteiger partial charge in [0, 0.05) is 11.7 Å². The summed E-state index contributed by atoms with van der Waals surface area (Å²) in [6.07, 6.45) is 0.910. The Hall–Kier alpha value is -1.53. The predicted octanol–water partition coefficient (Wildman–Crippen LogP) is 2.38. The van der Waals surface area contributed by atoms with Crippen molar-refractivity contribution in [1.82, 2.24) is 0 Å². The first-order valence-corrected chi connectivity index (χ1v) is 5.53. The van der Waals surface area contributed by atoms with Gasteiger partial charge in [0.05, 0.1) is 18.2 Å². The number of nitriles is 1. The molecule has 3 heteroatoms. The third kappa shape index (κ3) is 3.92. The molecule has 1 unspecified atom stereocenters. The molecule has 16 heavy (non-hydrogen) atoms. The highest BCUT2D eigenvalue weighted by Crippen LogP contribution is 2.14. The van der Waals surface area contributed by atoms with E-state index in [4.69, 9.17) is 5.26 Å². The van der Waals surface area contributed by atoms with Gasteiger partial charge in [0.2, 0.25) is 0 Å². The highest BCUT2D eigenvalue weighted by atomic mass is 16.3. The highest BCUT2D eigenvalue weighted by molar-refractivity contribution is 5.49. The van der Waals surface area contributed by atoms with Gasteiger partial charge in [-0.05, 0) is 30.5 Å². The van der Waals surface area contributed by atoms with Crippen molar-refractivity contribution in [3.8, 4) is 6.07 Å². The molecule has 0 saturated carbocycles. The van der Waals surface area contributed by atoms with E-state index in [0.717, 1.165) is 12.1 Å². The third-order valence-electron chi connectivity index (χ3n) is 2.34. The van der Waals surface area contributed by atoms with Gasteiger partial charge in [-0.3, -0.25) is 0 Å². The highest BCUT2D eigenvalue weighted by Gasteiger charge is 2.09. The fourth-order valence-electron chi connectivity index (χ4n) is 1.66. The van der Waals surface area contributed by atoms with Crippen molar-refractivity contribution in [3.05, 3.63) is 29.8 Å². The van der Waals surface area contributed by atoms with Gasteiger partial charge in [-0.25, -0.2) is 0 Å². The number of benzene rings is 1. The van der Waals surface area contributed by atoms with Gasteiger partial charge in [-0.15, -0.1) is 0 Å². The summed E-state index contributed by atoms with van der Waals surface area (Å²) in [7, 11) is 0. The minimum Gasteiger partial charge on any atom is -0.394 e. The quantitative estimate of drug-likeness (QED) is 0.797. The van der Waals surface area contributed by atoms with Crippen LogP contribution >= 0.6 is 0 Å². The SMILES string of the molecule is CC(C)CC(CO)Nc1cccc(C#N)c1. The average molecular weight is 218 g/mol. The Bertz CT molecular complexity index is 368. The Morgan fingerprint density at radius 2 is 2.19 bits per heavy atom. The Kier molecular flexibility index (Phi) is 4.81. The first kappa shape index (κ1) is 12.5. The molecule has 0 aromatic heterocycles. The monoisotopic (exact) mass is 218 g/mol. The minimum absolute atomic E-state index is 0.0499. The van der Waals surface area contributed by atoms with Crippen LogP contribution in [0.2, 0.25) is 0 Å². The van der Waals surface area contributed by atoms with E-state index in [9.17, 15) is 5.11 Å². The number of aliphatic hydroxyl groups excluding tert-OH is 1. The maximum absolute atomic E-state index is 9.24. The van der Waals surface area contributed by atoms with Gasteiger partial charge in [0.1, 0.15) is 0 Å². The number of hydrogen-bond acceptors (Lipinski definition) is 3. The van der Waals surface area contributed by atoms with Gasteiger partial charge < -0.3 is 10.4 Å². The molecule has 0 radical (unpaired) electrons. The van der Waals surface area contributed by atoms with Crippen molar-refractivity contribution < 1.29 is 5.11 Å². The second kappa shape index (κ2) is 6.14. The van der Waals surface area contributed by atoms with E-state index < -0.39 is 0 Å². The zero-order valence-electron chi connectivity index (χ0n) is 9.77. The minimum atomic E-state index is 0.0499. The average Bonchev–Trinajstić information content (AvgIpc) is 2.28. The summed E-state index contributed by atoms with van der Waals surface area (Å²) in [6.45, 7) is 4.35. The summed E-state index contributed by atoms with van der Waals surface area (Å²) in [5, 5.41) is 21.2. The second-order valence-electron chi connectivity index (χ2n) is 4.35. The van der Waals surface area contributed by atoms with Crippen LogP contribution in [0.15, 0.2) is 24.3 Å². The molecule has 0 amide bonds. The summed E-state index contributed by atoms with van der Waals surface area (Å²) >= 11 is 0. The molecular formula is C13H18N2O. The molecule has 0 aliphatic carbocycles. The zero-order valence-corrected chi connectivity index (χ0v) is 9.77. The molecule has 2 N–H and O–H groups in total. The van der Waals surface area contributed by atoms with Crippen molar-refractivity contribution in [2.75, 3.05) is 11.9 Å². The molecule has 0 aliphatic rings.